The zero-order chi connectivity index (χ0) is 13.3. The Morgan fingerprint density at radius 1 is 1.53 bits per heavy atom. The Labute approximate surface area is 105 Å². The van der Waals surface area contributed by atoms with E-state index in [-0.39, 0.29) is 9.77 Å². The molecule has 0 saturated heterocycles. The molecule has 2 N–H and O–H groups in total. The maximum absolute atomic E-state index is 12.0. The summed E-state index contributed by atoms with van der Waals surface area (Å²) in [5, 5.41) is 10.3. The van der Waals surface area contributed by atoms with Crippen molar-refractivity contribution in [2.24, 2.45) is 0 Å². The predicted octanol–water partition coefficient (Wildman–Crippen LogP) is 1.91. The summed E-state index contributed by atoms with van der Waals surface area (Å²) in [6, 6.07) is 1.31. The standard InChI is InChI=1S/C10H15NO4S2/c1-4-10(2,3)11-17(14,15)7-5-6-16-8(7)9(12)13/h5-6,11H,4H2,1-3H3,(H,12,13). The Morgan fingerprint density at radius 3 is 2.59 bits per heavy atom. The number of nitrogens with one attached hydrogen (secondary N) is 1. The summed E-state index contributed by atoms with van der Waals surface area (Å²) < 4.78 is 26.5. The Morgan fingerprint density at radius 2 is 2.12 bits per heavy atom. The van der Waals surface area contributed by atoms with Crippen LogP contribution in [0.4, 0.5) is 0 Å². The molecule has 0 aliphatic heterocycles. The average molecular weight is 277 g/mol. The number of carboxylic acid groups (broad SMARTS) is 1. The average Bonchev–Trinajstić information content (AvgIpc) is 2.65. The van der Waals surface area contributed by atoms with E-state index >= 15 is 0 Å². The zero-order valence-corrected chi connectivity index (χ0v) is 11.5. The third-order valence-electron chi connectivity index (χ3n) is 2.41. The predicted molar refractivity (Wildman–Crippen MR) is 66.0 cm³/mol. The van der Waals surface area contributed by atoms with Crippen molar-refractivity contribution in [2.75, 3.05) is 0 Å². The van der Waals surface area contributed by atoms with Gasteiger partial charge in [-0.3, -0.25) is 0 Å². The maximum atomic E-state index is 12.0. The first kappa shape index (κ1) is 14.1. The van der Waals surface area contributed by atoms with E-state index in [1.165, 1.54) is 11.4 Å². The number of aromatic carboxylic acids is 1. The molecule has 0 spiro atoms. The molecular formula is C10H15NO4S2. The molecule has 1 heterocycles. The molecule has 0 aliphatic rings. The van der Waals surface area contributed by atoms with Crippen LogP contribution in [0.5, 0.6) is 0 Å². The number of carboxylic acids is 1. The van der Waals surface area contributed by atoms with Gasteiger partial charge in [0.05, 0.1) is 0 Å². The Balaban J connectivity index is 3.15. The van der Waals surface area contributed by atoms with Crippen LogP contribution in [0.3, 0.4) is 0 Å². The van der Waals surface area contributed by atoms with Gasteiger partial charge in [-0.05, 0) is 31.7 Å². The van der Waals surface area contributed by atoms with Gasteiger partial charge in [0.2, 0.25) is 10.0 Å². The molecular weight excluding hydrogens is 262 g/mol. The van der Waals surface area contributed by atoms with Crippen molar-refractivity contribution < 1.29 is 18.3 Å². The van der Waals surface area contributed by atoms with Crippen LogP contribution in [-0.4, -0.2) is 25.0 Å². The highest BCUT2D eigenvalue weighted by molar-refractivity contribution is 7.89. The maximum Gasteiger partial charge on any atom is 0.347 e. The van der Waals surface area contributed by atoms with Gasteiger partial charge in [0.1, 0.15) is 9.77 Å². The molecule has 17 heavy (non-hydrogen) atoms. The van der Waals surface area contributed by atoms with E-state index in [1.807, 2.05) is 6.92 Å². The molecule has 1 rings (SSSR count). The lowest BCUT2D eigenvalue weighted by Gasteiger charge is -2.23. The zero-order valence-electron chi connectivity index (χ0n) is 9.85. The van der Waals surface area contributed by atoms with Crippen molar-refractivity contribution in [3.63, 3.8) is 0 Å². The lowest BCUT2D eigenvalue weighted by atomic mass is 10.0. The lowest BCUT2D eigenvalue weighted by Crippen LogP contribution is -2.42. The second-order valence-electron chi connectivity index (χ2n) is 4.26. The van der Waals surface area contributed by atoms with Crippen molar-refractivity contribution in [3.8, 4) is 0 Å². The van der Waals surface area contributed by atoms with E-state index in [4.69, 9.17) is 5.11 Å². The molecule has 0 amide bonds. The molecule has 7 heteroatoms. The highest BCUT2D eigenvalue weighted by Gasteiger charge is 2.29. The second-order valence-corrected chi connectivity index (χ2v) is 6.83. The van der Waals surface area contributed by atoms with E-state index < -0.39 is 21.5 Å². The smallest absolute Gasteiger partial charge is 0.347 e. The monoisotopic (exact) mass is 277 g/mol. The number of hydrogen-bond acceptors (Lipinski definition) is 4. The van der Waals surface area contributed by atoms with Crippen LogP contribution in [-0.2, 0) is 10.0 Å². The fourth-order valence-corrected chi connectivity index (χ4v) is 3.90. The van der Waals surface area contributed by atoms with Crippen LogP contribution >= 0.6 is 11.3 Å². The van der Waals surface area contributed by atoms with Crippen LogP contribution in [0, 0.1) is 0 Å². The summed E-state index contributed by atoms with van der Waals surface area (Å²) in [5.74, 6) is -1.23. The minimum absolute atomic E-state index is 0.163. The van der Waals surface area contributed by atoms with Gasteiger partial charge < -0.3 is 5.11 Å². The minimum Gasteiger partial charge on any atom is -0.477 e. The molecule has 0 saturated carbocycles. The summed E-state index contributed by atoms with van der Waals surface area (Å²) in [4.78, 5) is 10.6. The van der Waals surface area contributed by atoms with Crippen LogP contribution in [0.25, 0.3) is 0 Å². The topological polar surface area (TPSA) is 83.5 Å². The molecule has 0 fully saturated rings. The van der Waals surface area contributed by atoms with Crippen molar-refractivity contribution >= 4 is 27.3 Å². The summed E-state index contributed by atoms with van der Waals surface area (Å²) in [6.07, 6.45) is 0.610. The van der Waals surface area contributed by atoms with Crippen molar-refractivity contribution in [2.45, 2.75) is 37.6 Å². The molecule has 1 aromatic heterocycles. The van der Waals surface area contributed by atoms with Gasteiger partial charge in [0.15, 0.2) is 0 Å². The van der Waals surface area contributed by atoms with Crippen LogP contribution in [0.15, 0.2) is 16.3 Å². The van der Waals surface area contributed by atoms with E-state index in [1.54, 1.807) is 13.8 Å². The first-order chi connectivity index (χ1) is 7.69. The number of rotatable bonds is 5. The first-order valence-electron chi connectivity index (χ1n) is 5.04. The summed E-state index contributed by atoms with van der Waals surface area (Å²) in [6.45, 7) is 5.35. The molecule has 0 bridgehead atoms. The van der Waals surface area contributed by atoms with Gasteiger partial charge in [-0.1, -0.05) is 6.92 Å². The lowest BCUT2D eigenvalue weighted by molar-refractivity contribution is 0.0698. The molecule has 0 unspecified atom stereocenters. The molecule has 5 nitrogen and oxygen atoms in total. The molecule has 1 aromatic rings. The summed E-state index contributed by atoms with van der Waals surface area (Å²) in [7, 11) is -3.78. The highest BCUT2D eigenvalue weighted by atomic mass is 32.2. The van der Waals surface area contributed by atoms with Gasteiger partial charge in [-0.15, -0.1) is 11.3 Å². The Bertz CT molecular complexity index is 516. The van der Waals surface area contributed by atoms with Crippen molar-refractivity contribution in [1.29, 1.82) is 0 Å². The SMILES string of the molecule is CCC(C)(C)NS(=O)(=O)c1ccsc1C(=O)O. The van der Waals surface area contributed by atoms with Crippen LogP contribution in [0.1, 0.15) is 36.9 Å². The molecule has 0 aromatic carbocycles. The number of hydrogen-bond donors (Lipinski definition) is 2. The van der Waals surface area contributed by atoms with Gasteiger partial charge in [0.25, 0.3) is 0 Å². The fraction of sp³-hybridized carbons (Fsp3) is 0.500. The van der Waals surface area contributed by atoms with Crippen molar-refractivity contribution in [3.05, 3.63) is 16.3 Å². The van der Waals surface area contributed by atoms with Crippen LogP contribution < -0.4 is 4.72 Å². The normalized spacial score (nSPS) is 12.6. The largest absolute Gasteiger partial charge is 0.477 e. The molecule has 96 valence electrons. The number of carbonyl (C=O) groups is 1. The highest BCUT2D eigenvalue weighted by Crippen LogP contribution is 2.23. The molecule has 0 aliphatic carbocycles. The minimum atomic E-state index is -3.78. The Hall–Kier alpha value is -0.920. The number of thiophene rings is 1. The third-order valence-corrected chi connectivity index (χ3v) is 5.18. The first-order valence-corrected chi connectivity index (χ1v) is 7.40. The van der Waals surface area contributed by atoms with E-state index in [0.29, 0.717) is 6.42 Å². The molecule has 0 atom stereocenters. The van der Waals surface area contributed by atoms with Gasteiger partial charge in [0, 0.05) is 5.54 Å². The van der Waals surface area contributed by atoms with Gasteiger partial charge >= 0.3 is 5.97 Å². The third kappa shape index (κ3) is 3.27. The van der Waals surface area contributed by atoms with Crippen LogP contribution in [0.2, 0.25) is 0 Å². The van der Waals surface area contributed by atoms with E-state index in [0.717, 1.165) is 11.3 Å². The van der Waals surface area contributed by atoms with Gasteiger partial charge in [-0.25, -0.2) is 17.9 Å². The fourth-order valence-electron chi connectivity index (χ4n) is 1.16. The second kappa shape index (κ2) is 4.75. The summed E-state index contributed by atoms with van der Waals surface area (Å²) >= 11 is 0.899. The molecule has 0 radical (unpaired) electrons. The van der Waals surface area contributed by atoms with E-state index in [2.05, 4.69) is 4.72 Å². The number of sulfonamides is 1. The van der Waals surface area contributed by atoms with Crippen molar-refractivity contribution in [1.82, 2.24) is 4.72 Å². The summed E-state index contributed by atoms with van der Waals surface area (Å²) in [5.41, 5.74) is -0.601. The van der Waals surface area contributed by atoms with E-state index in [9.17, 15) is 13.2 Å². The quantitative estimate of drug-likeness (QED) is 0.861. The Kier molecular flexibility index (Phi) is 3.95. The van der Waals surface area contributed by atoms with Gasteiger partial charge in [-0.2, -0.15) is 0 Å².